The van der Waals surface area contributed by atoms with Crippen molar-refractivity contribution in [3.63, 3.8) is 0 Å². The van der Waals surface area contributed by atoms with Gasteiger partial charge in [0, 0.05) is 18.9 Å². The molecule has 24 heavy (non-hydrogen) atoms. The molecular weight excluding hydrogens is 335 g/mol. The summed E-state index contributed by atoms with van der Waals surface area (Å²) in [7, 11) is -1.79. The second-order valence-electron chi connectivity index (χ2n) is 5.00. The predicted octanol–water partition coefficient (Wildman–Crippen LogP) is 2.14. The lowest BCUT2D eigenvalue weighted by atomic mass is 10.1. The first-order valence-corrected chi connectivity index (χ1v) is 8.69. The molecule has 0 radical (unpaired) electrons. The number of aromatic hydroxyl groups is 1. The van der Waals surface area contributed by atoms with E-state index in [0.717, 1.165) is 0 Å². The molecule has 0 spiro atoms. The Labute approximate surface area is 139 Å². The number of hydrogen-bond acceptors (Lipinski definition) is 6. The van der Waals surface area contributed by atoms with E-state index in [1.54, 1.807) is 24.5 Å². The van der Waals surface area contributed by atoms with Crippen LogP contribution in [0.3, 0.4) is 0 Å². The molecule has 2 rings (SSSR count). The molecule has 8 nitrogen and oxygen atoms in total. The third-order valence-corrected chi connectivity index (χ3v) is 4.75. The monoisotopic (exact) mass is 354 g/mol. The zero-order valence-corrected chi connectivity index (χ0v) is 14.1. The number of nitrogens with zero attached hydrogens (tertiary/aromatic N) is 1. The second-order valence-corrected chi connectivity index (χ2v) is 6.80. The van der Waals surface area contributed by atoms with Crippen molar-refractivity contribution < 1.29 is 28.9 Å². The van der Waals surface area contributed by atoms with Crippen LogP contribution in [0.4, 0.5) is 5.69 Å². The average molecular weight is 354 g/mol. The molecule has 1 atom stereocenters. The second kappa shape index (κ2) is 7.53. The molecule has 0 aliphatic carbocycles. The van der Waals surface area contributed by atoms with Gasteiger partial charge in [0.25, 0.3) is 0 Å². The number of pyridine rings is 1. The van der Waals surface area contributed by atoms with Crippen molar-refractivity contribution >= 4 is 13.3 Å². The molecule has 130 valence electrons. The van der Waals surface area contributed by atoms with Gasteiger partial charge in [-0.25, -0.2) is 0 Å². The maximum atomic E-state index is 11.9. The van der Waals surface area contributed by atoms with Gasteiger partial charge in [-0.15, -0.1) is 0 Å². The van der Waals surface area contributed by atoms with Gasteiger partial charge in [-0.3, -0.25) is 9.55 Å². The van der Waals surface area contributed by atoms with Crippen molar-refractivity contribution in [3.05, 3.63) is 42.2 Å². The molecule has 0 saturated carbocycles. The topological polar surface area (TPSA) is 121 Å². The minimum absolute atomic E-state index is 0.0347. The fraction of sp³-hybridized carbons (Fsp3) is 0.267. The number of methoxy groups -OCH3 is 2. The summed E-state index contributed by atoms with van der Waals surface area (Å²) in [6.45, 7) is -0.0347. The van der Waals surface area contributed by atoms with Gasteiger partial charge in [0.1, 0.15) is 5.66 Å². The van der Waals surface area contributed by atoms with Crippen LogP contribution < -0.4 is 14.8 Å². The molecule has 1 aromatic heterocycles. The molecule has 0 bridgehead atoms. The summed E-state index contributed by atoms with van der Waals surface area (Å²) in [5.41, 5.74) is -0.235. The lowest BCUT2D eigenvalue weighted by Crippen LogP contribution is -2.13. The van der Waals surface area contributed by atoms with Gasteiger partial charge in [0.2, 0.25) is 5.75 Å². The van der Waals surface area contributed by atoms with Crippen molar-refractivity contribution in [1.82, 2.24) is 4.98 Å². The third-order valence-electron chi connectivity index (χ3n) is 3.45. The number of nitrogens with one attached hydrogen (secondary N) is 1. The largest absolute Gasteiger partial charge is 0.502 e. The number of hydrogen-bond donors (Lipinski definition) is 4. The fourth-order valence-corrected chi connectivity index (χ4v) is 3.09. The Bertz CT molecular complexity index is 709. The van der Waals surface area contributed by atoms with Crippen LogP contribution >= 0.6 is 7.60 Å². The zero-order chi connectivity index (χ0) is 17.7. The van der Waals surface area contributed by atoms with Crippen LogP contribution in [0, 0.1) is 0 Å². The Balaban J connectivity index is 2.36. The van der Waals surface area contributed by atoms with Crippen LogP contribution in [0.25, 0.3) is 0 Å². The van der Waals surface area contributed by atoms with Gasteiger partial charge in [-0.1, -0.05) is 0 Å². The highest BCUT2D eigenvalue weighted by molar-refractivity contribution is 7.52. The Morgan fingerprint density at radius 2 is 1.88 bits per heavy atom. The highest BCUT2D eigenvalue weighted by atomic mass is 31.2. The van der Waals surface area contributed by atoms with E-state index in [4.69, 9.17) is 9.47 Å². The van der Waals surface area contributed by atoms with Crippen molar-refractivity contribution in [2.24, 2.45) is 0 Å². The maximum Gasteiger partial charge on any atom is 0.334 e. The molecule has 1 aromatic carbocycles. The summed E-state index contributed by atoms with van der Waals surface area (Å²) in [5, 5.41) is 12.9. The molecule has 9 heteroatoms. The van der Waals surface area contributed by atoms with Gasteiger partial charge in [-0.05, 0) is 29.8 Å². The van der Waals surface area contributed by atoms with Crippen LogP contribution in [0.15, 0.2) is 36.7 Å². The van der Waals surface area contributed by atoms with E-state index in [1.165, 1.54) is 26.4 Å². The van der Waals surface area contributed by atoms with Crippen LogP contribution in [0.5, 0.6) is 17.2 Å². The number of ether oxygens (including phenoxy) is 2. The molecular formula is C15H19N2O6P. The maximum absolute atomic E-state index is 11.9. The number of anilines is 1. The third kappa shape index (κ3) is 4.17. The molecule has 1 heterocycles. The van der Waals surface area contributed by atoms with Crippen LogP contribution in [-0.2, 0) is 4.57 Å². The molecule has 0 saturated heterocycles. The SMILES string of the molecule is COc1cc(C(CNc2cccnc2)P(=O)(O)O)cc(OC)c1O. The van der Waals surface area contributed by atoms with Crippen LogP contribution in [0.1, 0.15) is 11.2 Å². The highest BCUT2D eigenvalue weighted by Crippen LogP contribution is 2.53. The molecule has 0 aliphatic rings. The summed E-state index contributed by atoms with van der Waals surface area (Å²) in [5.74, 6) is -0.0817. The van der Waals surface area contributed by atoms with Gasteiger partial charge in [0.05, 0.1) is 19.9 Å². The zero-order valence-electron chi connectivity index (χ0n) is 13.2. The van der Waals surface area contributed by atoms with Crippen molar-refractivity contribution in [3.8, 4) is 17.2 Å². The smallest absolute Gasteiger partial charge is 0.334 e. The summed E-state index contributed by atoms with van der Waals surface area (Å²) >= 11 is 0. The van der Waals surface area contributed by atoms with Gasteiger partial charge >= 0.3 is 7.60 Å². The number of aromatic nitrogens is 1. The van der Waals surface area contributed by atoms with E-state index in [1.807, 2.05) is 0 Å². The first kappa shape index (κ1) is 18.1. The Hall–Kier alpha value is -2.28. The summed E-state index contributed by atoms with van der Waals surface area (Å²) in [4.78, 5) is 23.4. The molecule has 0 amide bonds. The summed E-state index contributed by atoms with van der Waals surface area (Å²) < 4.78 is 22.0. The van der Waals surface area contributed by atoms with E-state index < -0.39 is 13.3 Å². The van der Waals surface area contributed by atoms with E-state index >= 15 is 0 Å². The summed E-state index contributed by atoms with van der Waals surface area (Å²) in [6, 6.07) is 6.21. The molecule has 2 aromatic rings. The van der Waals surface area contributed by atoms with Gasteiger partial charge in [0.15, 0.2) is 11.5 Å². The van der Waals surface area contributed by atoms with E-state index in [0.29, 0.717) is 5.69 Å². The van der Waals surface area contributed by atoms with Crippen LogP contribution in [0.2, 0.25) is 0 Å². The Morgan fingerprint density at radius 1 is 1.25 bits per heavy atom. The van der Waals surface area contributed by atoms with Crippen molar-refractivity contribution in [1.29, 1.82) is 0 Å². The van der Waals surface area contributed by atoms with Crippen LogP contribution in [-0.4, -0.2) is 40.6 Å². The lowest BCUT2D eigenvalue weighted by Gasteiger charge is -2.21. The van der Waals surface area contributed by atoms with Gasteiger partial charge < -0.3 is 29.7 Å². The number of benzene rings is 1. The first-order chi connectivity index (χ1) is 11.4. The predicted molar refractivity (Wildman–Crippen MR) is 88.7 cm³/mol. The normalized spacial score (nSPS) is 12.5. The Kier molecular flexibility index (Phi) is 5.66. The standard InChI is InChI=1S/C15H19N2O6P/c1-22-12-6-10(7-13(23-2)15(12)18)14(24(19,20)21)9-17-11-4-3-5-16-8-11/h3-8,14,17-18H,9H2,1-2H3,(H2,19,20,21). The molecule has 1 unspecified atom stereocenters. The fourth-order valence-electron chi connectivity index (χ4n) is 2.22. The number of rotatable bonds is 7. The molecule has 0 aliphatic heterocycles. The molecule has 0 fully saturated rings. The quantitative estimate of drug-likeness (QED) is 0.558. The summed E-state index contributed by atoms with van der Waals surface area (Å²) in [6.07, 6.45) is 3.15. The Morgan fingerprint density at radius 3 is 2.33 bits per heavy atom. The van der Waals surface area contributed by atoms with E-state index in [9.17, 15) is 19.5 Å². The first-order valence-electron chi connectivity index (χ1n) is 7.00. The highest BCUT2D eigenvalue weighted by Gasteiger charge is 2.32. The van der Waals surface area contributed by atoms with E-state index in [-0.39, 0.29) is 29.4 Å². The number of phenols is 1. The minimum Gasteiger partial charge on any atom is -0.502 e. The van der Waals surface area contributed by atoms with Gasteiger partial charge in [-0.2, -0.15) is 0 Å². The number of phenolic OH excluding ortho intramolecular Hbond substituents is 1. The average Bonchev–Trinajstić information content (AvgIpc) is 2.55. The van der Waals surface area contributed by atoms with Crippen molar-refractivity contribution in [2.75, 3.05) is 26.1 Å². The van der Waals surface area contributed by atoms with E-state index in [2.05, 4.69) is 10.3 Å². The van der Waals surface area contributed by atoms with Crippen molar-refractivity contribution in [2.45, 2.75) is 5.66 Å². The minimum atomic E-state index is -4.49. The lowest BCUT2D eigenvalue weighted by molar-refractivity contribution is 0.337. The molecule has 4 N–H and O–H groups in total.